The Hall–Kier alpha value is -0.120. The zero-order chi connectivity index (χ0) is 12.8. The minimum Gasteiger partial charge on any atom is -0.379 e. The second-order valence-corrected chi connectivity index (χ2v) is 5.88. The number of hydrogen-bond donors (Lipinski definition) is 1. The molecule has 0 bridgehead atoms. The van der Waals surface area contributed by atoms with E-state index in [0.29, 0.717) is 12.0 Å². The third-order valence-corrected chi connectivity index (χ3v) is 4.57. The van der Waals surface area contributed by atoms with E-state index >= 15 is 0 Å². The van der Waals surface area contributed by atoms with Crippen molar-refractivity contribution < 1.29 is 4.74 Å². The molecule has 0 spiro atoms. The third-order valence-electron chi connectivity index (χ3n) is 4.57. The SMILES string of the molecule is CCCNC1COCC1CN(CC)C1CCCC1. The highest BCUT2D eigenvalue weighted by atomic mass is 16.5. The lowest BCUT2D eigenvalue weighted by Crippen LogP contribution is -2.44. The molecule has 0 aromatic rings. The molecule has 3 nitrogen and oxygen atoms in total. The van der Waals surface area contributed by atoms with E-state index in [-0.39, 0.29) is 0 Å². The van der Waals surface area contributed by atoms with E-state index in [1.165, 1.54) is 45.2 Å². The van der Waals surface area contributed by atoms with Crippen molar-refractivity contribution in [2.24, 2.45) is 5.92 Å². The first-order valence-electron chi connectivity index (χ1n) is 7.90. The molecule has 0 amide bonds. The second kappa shape index (κ2) is 7.46. The molecule has 18 heavy (non-hydrogen) atoms. The molecule has 1 aliphatic carbocycles. The Bertz CT molecular complexity index is 229. The monoisotopic (exact) mass is 254 g/mol. The van der Waals surface area contributed by atoms with Crippen LogP contribution in [-0.4, -0.2) is 49.8 Å². The second-order valence-electron chi connectivity index (χ2n) is 5.88. The van der Waals surface area contributed by atoms with Gasteiger partial charge < -0.3 is 15.0 Å². The van der Waals surface area contributed by atoms with Crippen LogP contribution in [0.25, 0.3) is 0 Å². The smallest absolute Gasteiger partial charge is 0.0623 e. The highest BCUT2D eigenvalue weighted by molar-refractivity contribution is 4.86. The highest BCUT2D eigenvalue weighted by Crippen LogP contribution is 2.25. The van der Waals surface area contributed by atoms with Gasteiger partial charge in [0.25, 0.3) is 0 Å². The van der Waals surface area contributed by atoms with Gasteiger partial charge in [0.15, 0.2) is 0 Å². The number of nitrogens with one attached hydrogen (secondary N) is 1. The maximum Gasteiger partial charge on any atom is 0.0623 e. The molecule has 1 aliphatic heterocycles. The van der Waals surface area contributed by atoms with Crippen LogP contribution >= 0.6 is 0 Å². The molecule has 0 radical (unpaired) electrons. The van der Waals surface area contributed by atoms with Crippen LogP contribution in [0.5, 0.6) is 0 Å². The van der Waals surface area contributed by atoms with Crippen LogP contribution in [0.4, 0.5) is 0 Å². The first-order chi connectivity index (χ1) is 8.85. The molecule has 3 heteroatoms. The summed E-state index contributed by atoms with van der Waals surface area (Å²) in [5.74, 6) is 0.692. The molecule has 0 aromatic heterocycles. The largest absolute Gasteiger partial charge is 0.379 e. The third kappa shape index (κ3) is 3.69. The standard InChI is InChI=1S/C15H30N2O/c1-3-9-16-15-12-18-11-13(15)10-17(4-2)14-7-5-6-8-14/h13-16H,3-12H2,1-2H3. The highest BCUT2D eigenvalue weighted by Gasteiger charge is 2.31. The summed E-state index contributed by atoms with van der Waals surface area (Å²) < 4.78 is 5.69. The van der Waals surface area contributed by atoms with Crippen molar-refractivity contribution in [3.8, 4) is 0 Å². The molecule has 1 saturated heterocycles. The summed E-state index contributed by atoms with van der Waals surface area (Å²) in [6, 6.07) is 1.43. The first-order valence-corrected chi connectivity index (χ1v) is 7.90. The van der Waals surface area contributed by atoms with Gasteiger partial charge in [-0.1, -0.05) is 26.7 Å². The van der Waals surface area contributed by atoms with Crippen molar-refractivity contribution in [1.29, 1.82) is 0 Å². The minimum atomic E-state index is 0.584. The summed E-state index contributed by atoms with van der Waals surface area (Å²) in [4.78, 5) is 2.70. The van der Waals surface area contributed by atoms with E-state index in [1.807, 2.05) is 0 Å². The van der Waals surface area contributed by atoms with Crippen molar-refractivity contribution in [2.75, 3.05) is 32.8 Å². The molecule has 2 atom stereocenters. The summed E-state index contributed by atoms with van der Waals surface area (Å²) in [6.45, 7) is 9.94. The van der Waals surface area contributed by atoms with Gasteiger partial charge in [0.05, 0.1) is 13.2 Å². The van der Waals surface area contributed by atoms with E-state index in [4.69, 9.17) is 4.74 Å². The summed E-state index contributed by atoms with van der Waals surface area (Å²) >= 11 is 0. The zero-order valence-electron chi connectivity index (χ0n) is 12.2. The summed E-state index contributed by atoms with van der Waals surface area (Å²) in [7, 11) is 0. The minimum absolute atomic E-state index is 0.584. The average molecular weight is 254 g/mol. The van der Waals surface area contributed by atoms with Crippen LogP contribution in [0.3, 0.4) is 0 Å². The van der Waals surface area contributed by atoms with E-state index in [1.54, 1.807) is 0 Å². The number of hydrogen-bond acceptors (Lipinski definition) is 3. The van der Waals surface area contributed by atoms with Crippen molar-refractivity contribution in [3.05, 3.63) is 0 Å². The number of ether oxygens (including phenoxy) is 1. The zero-order valence-corrected chi connectivity index (χ0v) is 12.2. The van der Waals surface area contributed by atoms with Gasteiger partial charge in [-0.05, 0) is 32.4 Å². The molecule has 1 heterocycles. The van der Waals surface area contributed by atoms with E-state index in [2.05, 4.69) is 24.1 Å². The topological polar surface area (TPSA) is 24.5 Å². The van der Waals surface area contributed by atoms with Gasteiger partial charge >= 0.3 is 0 Å². The van der Waals surface area contributed by atoms with E-state index < -0.39 is 0 Å². The Morgan fingerprint density at radius 2 is 1.94 bits per heavy atom. The normalized spacial score (nSPS) is 29.5. The molecular weight excluding hydrogens is 224 g/mol. The summed E-state index contributed by atoms with van der Waals surface area (Å²) in [5, 5.41) is 3.65. The van der Waals surface area contributed by atoms with E-state index in [9.17, 15) is 0 Å². The Balaban J connectivity index is 1.81. The van der Waals surface area contributed by atoms with Gasteiger partial charge in [0, 0.05) is 24.5 Å². The summed E-state index contributed by atoms with van der Waals surface area (Å²) in [5.41, 5.74) is 0. The van der Waals surface area contributed by atoms with Gasteiger partial charge in [0.1, 0.15) is 0 Å². The lowest BCUT2D eigenvalue weighted by Gasteiger charge is -2.31. The number of nitrogens with zero attached hydrogens (tertiary/aromatic N) is 1. The fourth-order valence-corrected chi connectivity index (χ4v) is 3.44. The molecule has 1 saturated carbocycles. The Morgan fingerprint density at radius 1 is 1.17 bits per heavy atom. The summed E-state index contributed by atoms with van der Waals surface area (Å²) in [6.07, 6.45) is 6.89. The van der Waals surface area contributed by atoms with E-state index in [0.717, 1.165) is 25.8 Å². The molecule has 2 unspecified atom stereocenters. The molecule has 106 valence electrons. The molecule has 2 aliphatic rings. The molecule has 2 rings (SSSR count). The first kappa shape index (κ1) is 14.3. The molecule has 0 aromatic carbocycles. The number of rotatable bonds is 7. The van der Waals surface area contributed by atoms with Crippen molar-refractivity contribution in [2.45, 2.75) is 58.0 Å². The maximum atomic E-state index is 5.69. The Morgan fingerprint density at radius 3 is 2.61 bits per heavy atom. The Labute approximate surface area is 112 Å². The van der Waals surface area contributed by atoms with Crippen LogP contribution in [0.1, 0.15) is 46.0 Å². The molecule has 1 N–H and O–H groups in total. The average Bonchev–Trinajstić information content (AvgIpc) is 3.04. The van der Waals surface area contributed by atoms with Crippen LogP contribution in [0, 0.1) is 5.92 Å². The van der Waals surface area contributed by atoms with Crippen LogP contribution < -0.4 is 5.32 Å². The lowest BCUT2D eigenvalue weighted by molar-refractivity contribution is 0.147. The maximum absolute atomic E-state index is 5.69. The quantitative estimate of drug-likeness (QED) is 0.754. The van der Waals surface area contributed by atoms with Crippen LogP contribution in [0.2, 0.25) is 0 Å². The van der Waals surface area contributed by atoms with Gasteiger partial charge in [-0.25, -0.2) is 0 Å². The van der Waals surface area contributed by atoms with Crippen molar-refractivity contribution >= 4 is 0 Å². The van der Waals surface area contributed by atoms with Crippen LogP contribution in [-0.2, 0) is 4.74 Å². The van der Waals surface area contributed by atoms with Gasteiger partial charge in [-0.2, -0.15) is 0 Å². The van der Waals surface area contributed by atoms with Gasteiger partial charge in [-0.15, -0.1) is 0 Å². The van der Waals surface area contributed by atoms with Crippen LogP contribution in [0.15, 0.2) is 0 Å². The lowest BCUT2D eigenvalue weighted by atomic mass is 10.0. The fraction of sp³-hybridized carbons (Fsp3) is 1.00. The van der Waals surface area contributed by atoms with Crippen molar-refractivity contribution in [1.82, 2.24) is 10.2 Å². The predicted octanol–water partition coefficient (Wildman–Crippen LogP) is 2.27. The fourth-order valence-electron chi connectivity index (χ4n) is 3.44. The van der Waals surface area contributed by atoms with Gasteiger partial charge in [-0.3, -0.25) is 0 Å². The van der Waals surface area contributed by atoms with Crippen molar-refractivity contribution in [3.63, 3.8) is 0 Å². The molecule has 2 fully saturated rings. The van der Waals surface area contributed by atoms with Gasteiger partial charge in [0.2, 0.25) is 0 Å². The molecular formula is C15H30N2O. The Kier molecular flexibility index (Phi) is 5.93. The predicted molar refractivity (Wildman–Crippen MR) is 75.9 cm³/mol.